The molecular formula is C12H14O. The van der Waals surface area contributed by atoms with Crippen LogP contribution in [0.1, 0.15) is 29.9 Å². The van der Waals surface area contributed by atoms with E-state index in [0.717, 1.165) is 6.61 Å². The Balaban J connectivity index is 2.00. The lowest BCUT2D eigenvalue weighted by Crippen LogP contribution is -2.14. The largest absolute Gasteiger partial charge is 0.372 e. The monoisotopic (exact) mass is 174 g/mol. The van der Waals surface area contributed by atoms with Gasteiger partial charge in [0, 0.05) is 5.92 Å². The molecule has 0 aromatic heterocycles. The zero-order valence-corrected chi connectivity index (χ0v) is 7.70. The highest BCUT2D eigenvalue weighted by atomic mass is 16.6. The normalized spacial score (nSPS) is 31.1. The van der Waals surface area contributed by atoms with E-state index in [0.29, 0.717) is 12.0 Å². The van der Waals surface area contributed by atoms with E-state index in [1.54, 1.807) is 11.1 Å². The Hall–Kier alpha value is -0.820. The van der Waals surface area contributed by atoms with Crippen LogP contribution in [0.2, 0.25) is 0 Å². The van der Waals surface area contributed by atoms with Crippen molar-refractivity contribution < 1.29 is 4.74 Å². The van der Waals surface area contributed by atoms with Gasteiger partial charge in [-0.3, -0.25) is 0 Å². The second kappa shape index (κ2) is 2.85. The summed E-state index contributed by atoms with van der Waals surface area (Å²) in [6.45, 7) is 0.985. The van der Waals surface area contributed by atoms with Gasteiger partial charge in [0.05, 0.1) is 12.7 Å². The van der Waals surface area contributed by atoms with Crippen molar-refractivity contribution in [2.45, 2.75) is 31.3 Å². The molecule has 1 fully saturated rings. The molecule has 1 aliphatic carbocycles. The highest BCUT2D eigenvalue weighted by molar-refractivity contribution is 5.34. The summed E-state index contributed by atoms with van der Waals surface area (Å²) < 4.78 is 5.40. The van der Waals surface area contributed by atoms with E-state index < -0.39 is 0 Å². The molecule has 1 heteroatoms. The molecule has 0 amide bonds. The van der Waals surface area contributed by atoms with E-state index in [-0.39, 0.29) is 0 Å². The molecule has 1 aromatic rings. The third kappa shape index (κ3) is 1.28. The molecule has 2 atom stereocenters. The Morgan fingerprint density at radius 3 is 2.92 bits per heavy atom. The minimum atomic E-state index is 0.543. The Labute approximate surface area is 78.7 Å². The van der Waals surface area contributed by atoms with Gasteiger partial charge in [0.15, 0.2) is 0 Å². The lowest BCUT2D eigenvalue weighted by molar-refractivity contribution is 0.354. The van der Waals surface area contributed by atoms with Gasteiger partial charge in [-0.25, -0.2) is 0 Å². The number of aryl methyl sites for hydroxylation is 1. The first kappa shape index (κ1) is 7.57. The maximum atomic E-state index is 5.40. The Morgan fingerprint density at radius 1 is 1.23 bits per heavy atom. The Morgan fingerprint density at radius 2 is 2.08 bits per heavy atom. The second-order valence-corrected chi connectivity index (χ2v) is 4.07. The molecule has 1 unspecified atom stereocenters. The minimum Gasteiger partial charge on any atom is -0.372 e. The summed E-state index contributed by atoms with van der Waals surface area (Å²) in [6.07, 6.45) is 4.46. The smallest absolute Gasteiger partial charge is 0.0878 e. The van der Waals surface area contributed by atoms with E-state index in [2.05, 4.69) is 24.3 Å². The lowest BCUT2D eigenvalue weighted by atomic mass is 9.81. The Bertz CT molecular complexity index is 315. The molecule has 13 heavy (non-hydrogen) atoms. The van der Waals surface area contributed by atoms with Crippen LogP contribution in [0, 0.1) is 0 Å². The fourth-order valence-electron chi connectivity index (χ4n) is 2.47. The zero-order chi connectivity index (χ0) is 8.67. The van der Waals surface area contributed by atoms with E-state index in [9.17, 15) is 0 Å². The van der Waals surface area contributed by atoms with Gasteiger partial charge in [-0.2, -0.15) is 0 Å². The van der Waals surface area contributed by atoms with E-state index in [1.165, 1.54) is 19.3 Å². The summed E-state index contributed by atoms with van der Waals surface area (Å²) in [5.41, 5.74) is 3.10. The molecule has 0 saturated carbocycles. The third-order valence-corrected chi connectivity index (χ3v) is 3.22. The number of fused-ring (bicyclic) bond motifs is 1. The van der Waals surface area contributed by atoms with Gasteiger partial charge >= 0.3 is 0 Å². The predicted octanol–water partition coefficient (Wildman–Crippen LogP) is 2.51. The van der Waals surface area contributed by atoms with Crippen molar-refractivity contribution in [2.75, 3.05) is 6.61 Å². The molecule has 2 aliphatic rings. The summed E-state index contributed by atoms with van der Waals surface area (Å²) in [7, 11) is 0. The van der Waals surface area contributed by atoms with E-state index >= 15 is 0 Å². The first-order chi connectivity index (χ1) is 6.45. The van der Waals surface area contributed by atoms with Gasteiger partial charge in [-0.1, -0.05) is 24.3 Å². The van der Waals surface area contributed by atoms with Gasteiger partial charge < -0.3 is 4.74 Å². The molecule has 0 spiro atoms. The molecule has 1 aliphatic heterocycles. The molecule has 0 bridgehead atoms. The highest BCUT2D eigenvalue weighted by Crippen LogP contribution is 2.39. The summed E-state index contributed by atoms with van der Waals surface area (Å²) in [5, 5.41) is 0. The second-order valence-electron chi connectivity index (χ2n) is 4.07. The molecule has 1 aromatic carbocycles. The number of hydrogen-bond donors (Lipinski definition) is 0. The van der Waals surface area contributed by atoms with Crippen LogP contribution in [-0.2, 0) is 11.2 Å². The highest BCUT2D eigenvalue weighted by Gasteiger charge is 2.35. The van der Waals surface area contributed by atoms with Crippen LogP contribution in [0.3, 0.4) is 0 Å². The van der Waals surface area contributed by atoms with Crippen LogP contribution < -0.4 is 0 Å². The summed E-state index contributed by atoms with van der Waals surface area (Å²) in [5.74, 6) is 0.699. The van der Waals surface area contributed by atoms with Crippen molar-refractivity contribution in [1.29, 1.82) is 0 Å². The Kier molecular flexibility index (Phi) is 1.66. The molecule has 1 nitrogen and oxygen atoms in total. The summed E-state index contributed by atoms with van der Waals surface area (Å²) in [6, 6.07) is 8.85. The van der Waals surface area contributed by atoms with Gasteiger partial charge in [-0.05, 0) is 30.4 Å². The first-order valence-electron chi connectivity index (χ1n) is 5.14. The average molecular weight is 174 g/mol. The zero-order valence-electron chi connectivity index (χ0n) is 7.70. The van der Waals surface area contributed by atoms with Crippen LogP contribution in [0.25, 0.3) is 0 Å². The molecular weight excluding hydrogens is 160 g/mol. The van der Waals surface area contributed by atoms with Crippen molar-refractivity contribution in [1.82, 2.24) is 0 Å². The SMILES string of the molecule is c1ccc2c(c1)CCCC2[C@@H]1CO1. The molecule has 3 rings (SSSR count). The quantitative estimate of drug-likeness (QED) is 0.596. The topological polar surface area (TPSA) is 12.5 Å². The van der Waals surface area contributed by atoms with Crippen LogP contribution in [0.15, 0.2) is 24.3 Å². The van der Waals surface area contributed by atoms with Crippen LogP contribution in [0.4, 0.5) is 0 Å². The molecule has 0 N–H and O–H groups in total. The standard InChI is InChI=1S/C12H14O/c1-2-6-10-9(4-1)5-3-7-11(10)12-8-13-12/h1-2,4,6,11-12H,3,5,7-8H2/t11?,12-/m0/s1. The van der Waals surface area contributed by atoms with Crippen molar-refractivity contribution in [2.24, 2.45) is 0 Å². The third-order valence-electron chi connectivity index (χ3n) is 3.22. The number of epoxide rings is 1. The number of rotatable bonds is 1. The fraction of sp³-hybridized carbons (Fsp3) is 0.500. The van der Waals surface area contributed by atoms with Crippen molar-refractivity contribution in [3.63, 3.8) is 0 Å². The molecule has 68 valence electrons. The van der Waals surface area contributed by atoms with Crippen molar-refractivity contribution >= 4 is 0 Å². The average Bonchev–Trinajstić information content (AvgIpc) is 3.00. The van der Waals surface area contributed by atoms with Crippen molar-refractivity contribution in [3.8, 4) is 0 Å². The maximum Gasteiger partial charge on any atom is 0.0878 e. The lowest BCUT2D eigenvalue weighted by Gasteiger charge is -2.23. The van der Waals surface area contributed by atoms with Gasteiger partial charge in [0.1, 0.15) is 0 Å². The van der Waals surface area contributed by atoms with Crippen LogP contribution in [-0.4, -0.2) is 12.7 Å². The van der Waals surface area contributed by atoms with E-state index in [1.807, 2.05) is 0 Å². The number of hydrogen-bond acceptors (Lipinski definition) is 1. The molecule has 0 radical (unpaired) electrons. The maximum absolute atomic E-state index is 5.40. The molecule has 1 heterocycles. The number of ether oxygens (including phenoxy) is 1. The van der Waals surface area contributed by atoms with Gasteiger partial charge in [-0.15, -0.1) is 0 Å². The molecule has 1 saturated heterocycles. The van der Waals surface area contributed by atoms with Crippen LogP contribution >= 0.6 is 0 Å². The number of benzene rings is 1. The first-order valence-corrected chi connectivity index (χ1v) is 5.14. The van der Waals surface area contributed by atoms with E-state index in [4.69, 9.17) is 4.74 Å². The summed E-state index contributed by atoms with van der Waals surface area (Å²) in [4.78, 5) is 0. The van der Waals surface area contributed by atoms with Crippen LogP contribution in [0.5, 0.6) is 0 Å². The van der Waals surface area contributed by atoms with Crippen molar-refractivity contribution in [3.05, 3.63) is 35.4 Å². The minimum absolute atomic E-state index is 0.543. The van der Waals surface area contributed by atoms with Gasteiger partial charge in [0.2, 0.25) is 0 Å². The summed E-state index contributed by atoms with van der Waals surface area (Å²) >= 11 is 0. The predicted molar refractivity (Wildman–Crippen MR) is 51.9 cm³/mol. The van der Waals surface area contributed by atoms with Gasteiger partial charge in [0.25, 0.3) is 0 Å². The fourth-order valence-corrected chi connectivity index (χ4v) is 2.47.